The summed E-state index contributed by atoms with van der Waals surface area (Å²) in [6.45, 7) is 0.326. The molecule has 0 saturated carbocycles. The summed E-state index contributed by atoms with van der Waals surface area (Å²) >= 11 is 4.62. The van der Waals surface area contributed by atoms with Crippen molar-refractivity contribution in [3.63, 3.8) is 0 Å². The van der Waals surface area contributed by atoms with E-state index in [4.69, 9.17) is 14.7 Å². The van der Waals surface area contributed by atoms with Gasteiger partial charge in [-0.15, -0.1) is 11.3 Å². The van der Waals surface area contributed by atoms with Crippen molar-refractivity contribution in [2.75, 3.05) is 20.3 Å². The molecule has 0 fully saturated rings. The Labute approximate surface area is 158 Å². The molecule has 2 N–H and O–H groups in total. The molecule has 2 aromatic rings. The molecule has 1 amide bonds. The molecular weight excluding hydrogens is 408 g/mol. The van der Waals surface area contributed by atoms with E-state index >= 15 is 0 Å². The number of nitrogens with one attached hydrogen (secondary N) is 1. The average molecular weight is 425 g/mol. The topological polar surface area (TPSA) is 91.6 Å². The predicted octanol–water partition coefficient (Wildman–Crippen LogP) is 2.81. The van der Waals surface area contributed by atoms with Crippen molar-refractivity contribution in [3.8, 4) is 17.6 Å². The summed E-state index contributed by atoms with van der Waals surface area (Å²) in [6, 6.07) is 10.8. The highest BCUT2D eigenvalue weighted by Gasteiger charge is 2.18. The van der Waals surface area contributed by atoms with E-state index in [-0.39, 0.29) is 6.61 Å². The van der Waals surface area contributed by atoms with E-state index in [1.54, 1.807) is 24.3 Å². The molecule has 1 unspecified atom stereocenters. The van der Waals surface area contributed by atoms with Gasteiger partial charge in [-0.25, -0.2) is 0 Å². The van der Waals surface area contributed by atoms with Crippen LogP contribution in [0.3, 0.4) is 0 Å². The molecule has 1 heterocycles. The third-order valence-electron chi connectivity index (χ3n) is 3.35. The van der Waals surface area contributed by atoms with Crippen LogP contribution in [0.2, 0.25) is 0 Å². The number of nitrogens with zero attached hydrogens (tertiary/aromatic N) is 1. The lowest BCUT2D eigenvalue weighted by molar-refractivity contribution is -0.129. The van der Waals surface area contributed by atoms with E-state index in [1.165, 1.54) is 18.4 Å². The van der Waals surface area contributed by atoms with E-state index in [9.17, 15) is 9.90 Å². The van der Waals surface area contributed by atoms with Gasteiger partial charge in [-0.2, -0.15) is 5.26 Å². The number of ether oxygens (including phenoxy) is 2. The van der Waals surface area contributed by atoms with Crippen molar-refractivity contribution >= 4 is 33.2 Å². The molecule has 1 aromatic heterocycles. The van der Waals surface area contributed by atoms with E-state index in [1.807, 2.05) is 12.1 Å². The van der Waals surface area contributed by atoms with Crippen LogP contribution in [-0.4, -0.2) is 31.3 Å². The van der Waals surface area contributed by atoms with Crippen molar-refractivity contribution in [1.29, 1.82) is 5.26 Å². The fourth-order valence-electron chi connectivity index (χ4n) is 2.13. The van der Waals surface area contributed by atoms with Gasteiger partial charge in [-0.3, -0.25) is 4.79 Å². The Kier molecular flexibility index (Phi) is 7.25. The second-order valence-corrected chi connectivity index (χ2v) is 7.51. The molecule has 0 radical (unpaired) electrons. The molecule has 132 valence electrons. The lowest BCUT2D eigenvalue weighted by Gasteiger charge is -2.12. The van der Waals surface area contributed by atoms with Gasteiger partial charge < -0.3 is 19.9 Å². The SMILES string of the molecule is COc1cc(CCNC(=O)C(O)c2ccc(Br)s2)ccc1OCC#N. The first kappa shape index (κ1) is 19.2. The molecule has 0 aliphatic carbocycles. The van der Waals surface area contributed by atoms with Crippen molar-refractivity contribution in [1.82, 2.24) is 5.32 Å². The molecule has 2 rings (SSSR count). The van der Waals surface area contributed by atoms with Gasteiger partial charge in [-0.1, -0.05) is 6.07 Å². The minimum absolute atomic E-state index is 0.0531. The molecular formula is C17H17BrN2O4S. The normalized spacial score (nSPS) is 11.4. The number of methoxy groups -OCH3 is 1. The highest BCUT2D eigenvalue weighted by Crippen LogP contribution is 2.29. The molecule has 8 heteroatoms. The number of aliphatic hydroxyl groups excluding tert-OH is 1. The summed E-state index contributed by atoms with van der Waals surface area (Å²) in [5, 5.41) is 21.3. The van der Waals surface area contributed by atoms with Crippen LogP contribution in [0.1, 0.15) is 16.5 Å². The zero-order valence-electron chi connectivity index (χ0n) is 13.5. The first-order valence-corrected chi connectivity index (χ1v) is 9.03. The summed E-state index contributed by atoms with van der Waals surface area (Å²) in [5.74, 6) is 0.591. The minimum atomic E-state index is -1.17. The number of amides is 1. The monoisotopic (exact) mass is 424 g/mol. The Bertz CT molecular complexity index is 772. The number of nitriles is 1. The lowest BCUT2D eigenvalue weighted by Crippen LogP contribution is -2.30. The average Bonchev–Trinajstić information content (AvgIpc) is 3.05. The first-order chi connectivity index (χ1) is 12.0. The number of thiophene rings is 1. The summed E-state index contributed by atoms with van der Waals surface area (Å²) < 4.78 is 11.4. The standard InChI is InChI=1S/C17H17BrN2O4S/c1-23-13-10-11(2-3-12(13)24-9-7-19)6-8-20-17(22)16(21)14-4-5-15(18)25-14/h2-5,10,16,21H,6,8-9H2,1H3,(H,20,22). The second-order valence-electron chi connectivity index (χ2n) is 5.02. The van der Waals surface area contributed by atoms with Crippen molar-refractivity contribution in [3.05, 3.63) is 44.6 Å². The number of halogens is 1. The largest absolute Gasteiger partial charge is 0.493 e. The fraction of sp³-hybridized carbons (Fsp3) is 0.294. The van der Waals surface area contributed by atoms with Crippen LogP contribution in [0, 0.1) is 11.3 Å². The van der Waals surface area contributed by atoms with Crippen LogP contribution in [0.15, 0.2) is 34.1 Å². The number of carbonyl (C=O) groups is 1. The maximum absolute atomic E-state index is 12.0. The minimum Gasteiger partial charge on any atom is -0.493 e. The summed E-state index contributed by atoms with van der Waals surface area (Å²) in [6.07, 6.45) is -0.603. The molecule has 0 aliphatic heterocycles. The maximum Gasteiger partial charge on any atom is 0.254 e. The van der Waals surface area contributed by atoms with Gasteiger partial charge in [0.2, 0.25) is 0 Å². The van der Waals surface area contributed by atoms with E-state index in [2.05, 4.69) is 21.2 Å². The number of benzene rings is 1. The molecule has 1 atom stereocenters. The Balaban J connectivity index is 1.88. The molecule has 6 nitrogen and oxygen atoms in total. The van der Waals surface area contributed by atoms with Crippen LogP contribution >= 0.6 is 27.3 Å². The Morgan fingerprint density at radius 3 is 2.84 bits per heavy atom. The quantitative estimate of drug-likeness (QED) is 0.679. The van der Waals surface area contributed by atoms with Gasteiger partial charge in [0.15, 0.2) is 24.2 Å². The van der Waals surface area contributed by atoms with Crippen LogP contribution < -0.4 is 14.8 Å². The highest BCUT2D eigenvalue weighted by atomic mass is 79.9. The Morgan fingerprint density at radius 1 is 1.40 bits per heavy atom. The van der Waals surface area contributed by atoms with E-state index < -0.39 is 12.0 Å². The van der Waals surface area contributed by atoms with Gasteiger partial charge in [0.05, 0.1) is 10.9 Å². The predicted molar refractivity (Wildman–Crippen MR) is 97.8 cm³/mol. The third kappa shape index (κ3) is 5.46. The van der Waals surface area contributed by atoms with Gasteiger partial charge >= 0.3 is 0 Å². The smallest absolute Gasteiger partial charge is 0.254 e. The maximum atomic E-state index is 12.0. The molecule has 0 saturated heterocycles. The van der Waals surface area contributed by atoms with Gasteiger partial charge in [0, 0.05) is 11.4 Å². The van der Waals surface area contributed by atoms with Crippen LogP contribution in [0.25, 0.3) is 0 Å². The van der Waals surface area contributed by atoms with E-state index in [0.29, 0.717) is 29.3 Å². The first-order valence-electron chi connectivity index (χ1n) is 7.43. The van der Waals surface area contributed by atoms with Crippen molar-refractivity contribution in [2.24, 2.45) is 0 Å². The highest BCUT2D eigenvalue weighted by molar-refractivity contribution is 9.11. The number of hydrogen-bond acceptors (Lipinski definition) is 6. The second kappa shape index (κ2) is 9.42. The fourth-order valence-corrected chi connectivity index (χ4v) is 3.54. The third-order valence-corrected chi connectivity index (χ3v) is 5.02. The van der Waals surface area contributed by atoms with Crippen molar-refractivity contribution in [2.45, 2.75) is 12.5 Å². The van der Waals surface area contributed by atoms with Gasteiger partial charge in [0.25, 0.3) is 5.91 Å². The van der Waals surface area contributed by atoms with Crippen molar-refractivity contribution < 1.29 is 19.4 Å². The number of aliphatic hydroxyl groups is 1. The summed E-state index contributed by atoms with van der Waals surface area (Å²) in [4.78, 5) is 12.6. The van der Waals surface area contributed by atoms with Crippen LogP contribution in [0.4, 0.5) is 0 Å². The Morgan fingerprint density at radius 2 is 2.20 bits per heavy atom. The molecule has 0 bridgehead atoms. The summed E-state index contributed by atoms with van der Waals surface area (Å²) in [5.41, 5.74) is 0.940. The van der Waals surface area contributed by atoms with Crippen LogP contribution in [-0.2, 0) is 11.2 Å². The molecule has 1 aromatic carbocycles. The Hall–Kier alpha value is -2.08. The molecule has 0 aliphatic rings. The zero-order valence-corrected chi connectivity index (χ0v) is 15.9. The number of rotatable bonds is 8. The zero-order chi connectivity index (χ0) is 18.2. The van der Waals surface area contributed by atoms with E-state index in [0.717, 1.165) is 9.35 Å². The van der Waals surface area contributed by atoms with Gasteiger partial charge in [0.1, 0.15) is 6.07 Å². The molecule has 0 spiro atoms. The lowest BCUT2D eigenvalue weighted by atomic mass is 10.1. The summed E-state index contributed by atoms with van der Waals surface area (Å²) in [7, 11) is 1.52. The number of carbonyl (C=O) groups excluding carboxylic acids is 1. The van der Waals surface area contributed by atoms with Crippen LogP contribution in [0.5, 0.6) is 11.5 Å². The molecule has 25 heavy (non-hydrogen) atoms. The van der Waals surface area contributed by atoms with Gasteiger partial charge in [-0.05, 0) is 52.2 Å². The number of hydrogen-bond donors (Lipinski definition) is 2.